The van der Waals surface area contributed by atoms with Crippen LogP contribution in [0.5, 0.6) is 0 Å². The fourth-order valence-corrected chi connectivity index (χ4v) is 2.93. The summed E-state index contributed by atoms with van der Waals surface area (Å²) in [6.45, 7) is 2.79. The van der Waals surface area contributed by atoms with Crippen LogP contribution >= 0.6 is 0 Å². The maximum atomic E-state index is 13.1. The van der Waals surface area contributed by atoms with Crippen molar-refractivity contribution in [1.29, 1.82) is 0 Å². The number of nitrogens with zero attached hydrogens (tertiary/aromatic N) is 2. The van der Waals surface area contributed by atoms with Crippen LogP contribution < -0.4 is 5.56 Å². The quantitative estimate of drug-likeness (QED) is 0.924. The zero-order valence-corrected chi connectivity index (χ0v) is 12.6. The third kappa shape index (κ3) is 3.29. The number of benzene rings is 1. The third-order valence-corrected chi connectivity index (χ3v) is 3.99. The first-order valence-corrected chi connectivity index (χ1v) is 7.30. The van der Waals surface area contributed by atoms with Crippen molar-refractivity contribution in [2.45, 2.75) is 32.6 Å². The summed E-state index contributed by atoms with van der Waals surface area (Å²) in [4.78, 5) is 20.7. The van der Waals surface area contributed by atoms with Gasteiger partial charge in [0.15, 0.2) is 0 Å². The predicted molar refractivity (Wildman–Crippen MR) is 78.9 cm³/mol. The van der Waals surface area contributed by atoms with Gasteiger partial charge in [-0.3, -0.25) is 9.69 Å². The van der Waals surface area contributed by atoms with E-state index in [1.807, 2.05) is 4.90 Å². The molecule has 122 valence electrons. The molecule has 0 spiro atoms. The van der Waals surface area contributed by atoms with Crippen molar-refractivity contribution in [3.63, 3.8) is 0 Å². The molecule has 1 aliphatic heterocycles. The number of fused-ring (bicyclic) bond motifs is 1. The van der Waals surface area contributed by atoms with Gasteiger partial charge in [-0.1, -0.05) is 18.2 Å². The minimum Gasteiger partial charge on any atom is -0.311 e. The predicted octanol–water partition coefficient (Wildman–Crippen LogP) is 2.66. The first-order chi connectivity index (χ1) is 10.8. The van der Waals surface area contributed by atoms with Crippen molar-refractivity contribution in [3.05, 3.63) is 62.8 Å². The van der Waals surface area contributed by atoms with Gasteiger partial charge < -0.3 is 4.98 Å². The summed E-state index contributed by atoms with van der Waals surface area (Å²) in [7, 11) is 0. The topological polar surface area (TPSA) is 49.0 Å². The normalized spacial score (nSPS) is 15.5. The second-order valence-corrected chi connectivity index (χ2v) is 5.69. The number of aromatic nitrogens is 2. The highest BCUT2D eigenvalue weighted by Gasteiger charge is 2.33. The minimum atomic E-state index is -4.36. The van der Waals surface area contributed by atoms with Gasteiger partial charge in [0.05, 0.1) is 11.3 Å². The molecule has 0 aliphatic carbocycles. The Balaban J connectivity index is 1.85. The van der Waals surface area contributed by atoms with Crippen LogP contribution in [0.3, 0.4) is 0 Å². The zero-order chi connectivity index (χ0) is 16.6. The summed E-state index contributed by atoms with van der Waals surface area (Å²) in [5.41, 5.74) is 0.770. The van der Waals surface area contributed by atoms with Crippen molar-refractivity contribution < 1.29 is 13.2 Å². The number of hydrogen-bond acceptors (Lipinski definition) is 3. The summed E-state index contributed by atoms with van der Waals surface area (Å²) in [6.07, 6.45) is -3.87. The van der Waals surface area contributed by atoms with Gasteiger partial charge in [0.1, 0.15) is 5.82 Å². The maximum absolute atomic E-state index is 13.1. The van der Waals surface area contributed by atoms with Crippen LogP contribution in [0.2, 0.25) is 0 Å². The molecular formula is C16H16F3N3O. The van der Waals surface area contributed by atoms with Gasteiger partial charge >= 0.3 is 6.18 Å². The molecule has 1 aliphatic rings. The SMILES string of the molecule is Cc1nc2c(c(=O)[nH]1)CCN(Cc1ccccc1C(F)(F)F)C2. The van der Waals surface area contributed by atoms with Crippen molar-refractivity contribution in [2.24, 2.45) is 0 Å². The lowest BCUT2D eigenvalue weighted by atomic mass is 10.0. The Morgan fingerprint density at radius 3 is 2.78 bits per heavy atom. The van der Waals surface area contributed by atoms with Crippen molar-refractivity contribution >= 4 is 0 Å². The second-order valence-electron chi connectivity index (χ2n) is 5.69. The Kier molecular flexibility index (Phi) is 3.97. The van der Waals surface area contributed by atoms with E-state index in [0.29, 0.717) is 36.6 Å². The monoisotopic (exact) mass is 323 g/mol. The molecular weight excluding hydrogens is 307 g/mol. The van der Waals surface area contributed by atoms with Crippen LogP contribution in [0, 0.1) is 6.92 Å². The van der Waals surface area contributed by atoms with E-state index in [4.69, 9.17) is 0 Å². The van der Waals surface area contributed by atoms with Gasteiger partial charge in [0, 0.05) is 25.2 Å². The van der Waals surface area contributed by atoms with Crippen LogP contribution in [-0.4, -0.2) is 21.4 Å². The van der Waals surface area contributed by atoms with Gasteiger partial charge in [0.25, 0.3) is 5.56 Å². The molecule has 0 amide bonds. The lowest BCUT2D eigenvalue weighted by Crippen LogP contribution is -2.35. The Morgan fingerprint density at radius 1 is 1.30 bits per heavy atom. The van der Waals surface area contributed by atoms with Crippen molar-refractivity contribution in [2.75, 3.05) is 6.54 Å². The van der Waals surface area contributed by atoms with E-state index in [0.717, 1.165) is 6.07 Å². The molecule has 0 saturated heterocycles. The maximum Gasteiger partial charge on any atom is 0.416 e. The van der Waals surface area contributed by atoms with Crippen LogP contribution in [0.15, 0.2) is 29.1 Å². The van der Waals surface area contributed by atoms with Gasteiger partial charge in [-0.15, -0.1) is 0 Å². The Labute approximate surface area is 131 Å². The zero-order valence-electron chi connectivity index (χ0n) is 12.6. The number of alkyl halides is 3. The fraction of sp³-hybridized carbons (Fsp3) is 0.375. The number of aromatic amines is 1. The Bertz CT molecular complexity index is 783. The Hall–Kier alpha value is -2.15. The lowest BCUT2D eigenvalue weighted by Gasteiger charge is -2.28. The van der Waals surface area contributed by atoms with Crippen molar-refractivity contribution in [3.8, 4) is 0 Å². The smallest absolute Gasteiger partial charge is 0.311 e. The fourth-order valence-electron chi connectivity index (χ4n) is 2.93. The van der Waals surface area contributed by atoms with E-state index in [9.17, 15) is 18.0 Å². The third-order valence-electron chi connectivity index (χ3n) is 3.99. The highest BCUT2D eigenvalue weighted by molar-refractivity contribution is 5.30. The standard InChI is InChI=1S/C16H16F3N3O/c1-10-20-14-9-22(7-6-12(14)15(23)21-10)8-11-4-2-3-5-13(11)16(17,18)19/h2-5H,6-9H2,1H3,(H,20,21,23). The van der Waals surface area contributed by atoms with E-state index < -0.39 is 11.7 Å². The molecule has 2 aromatic rings. The number of halogens is 3. The molecule has 0 radical (unpaired) electrons. The highest BCUT2D eigenvalue weighted by Crippen LogP contribution is 2.32. The second kappa shape index (κ2) is 5.81. The molecule has 0 atom stereocenters. The molecule has 1 aromatic carbocycles. The van der Waals surface area contributed by atoms with E-state index in [-0.39, 0.29) is 17.7 Å². The minimum absolute atomic E-state index is 0.150. The first-order valence-electron chi connectivity index (χ1n) is 7.30. The van der Waals surface area contributed by atoms with Crippen molar-refractivity contribution in [1.82, 2.24) is 14.9 Å². The number of rotatable bonds is 2. The summed E-state index contributed by atoms with van der Waals surface area (Å²) >= 11 is 0. The Morgan fingerprint density at radius 2 is 2.04 bits per heavy atom. The average Bonchev–Trinajstić information content (AvgIpc) is 2.46. The molecule has 23 heavy (non-hydrogen) atoms. The average molecular weight is 323 g/mol. The van der Waals surface area contributed by atoms with E-state index in [1.54, 1.807) is 13.0 Å². The summed E-state index contributed by atoms with van der Waals surface area (Å²) in [5, 5.41) is 0. The molecule has 1 aromatic heterocycles. The van der Waals surface area contributed by atoms with Gasteiger partial charge in [-0.05, 0) is 25.0 Å². The summed E-state index contributed by atoms with van der Waals surface area (Å²) in [5.74, 6) is 0.520. The molecule has 1 N–H and O–H groups in total. The number of hydrogen-bond donors (Lipinski definition) is 1. The van der Waals surface area contributed by atoms with Crippen LogP contribution in [0.25, 0.3) is 0 Å². The van der Waals surface area contributed by atoms with E-state index in [2.05, 4.69) is 9.97 Å². The highest BCUT2D eigenvalue weighted by atomic mass is 19.4. The molecule has 0 fully saturated rings. The number of aryl methyl sites for hydroxylation is 1. The molecule has 0 bridgehead atoms. The molecule has 7 heteroatoms. The summed E-state index contributed by atoms with van der Waals surface area (Å²) < 4.78 is 39.2. The van der Waals surface area contributed by atoms with Crippen LogP contribution in [-0.2, 0) is 25.7 Å². The van der Waals surface area contributed by atoms with Crippen LogP contribution in [0.1, 0.15) is 28.2 Å². The molecule has 2 heterocycles. The lowest BCUT2D eigenvalue weighted by molar-refractivity contribution is -0.138. The summed E-state index contributed by atoms with van der Waals surface area (Å²) in [6, 6.07) is 5.59. The molecule has 0 unspecified atom stereocenters. The molecule has 3 rings (SSSR count). The van der Waals surface area contributed by atoms with E-state index in [1.165, 1.54) is 12.1 Å². The largest absolute Gasteiger partial charge is 0.416 e. The molecule has 4 nitrogen and oxygen atoms in total. The van der Waals surface area contributed by atoms with E-state index >= 15 is 0 Å². The van der Waals surface area contributed by atoms with Gasteiger partial charge in [0.2, 0.25) is 0 Å². The molecule has 0 saturated carbocycles. The first kappa shape index (κ1) is 15.7. The number of H-pyrrole nitrogens is 1. The number of nitrogens with one attached hydrogen (secondary N) is 1. The van der Waals surface area contributed by atoms with Gasteiger partial charge in [-0.2, -0.15) is 13.2 Å². The van der Waals surface area contributed by atoms with Crippen LogP contribution in [0.4, 0.5) is 13.2 Å². The van der Waals surface area contributed by atoms with Gasteiger partial charge in [-0.25, -0.2) is 4.98 Å².